The van der Waals surface area contributed by atoms with Crippen LogP contribution in [0.3, 0.4) is 0 Å². The molecule has 2 saturated carbocycles. The summed E-state index contributed by atoms with van der Waals surface area (Å²) < 4.78 is 0. The third-order valence-electron chi connectivity index (χ3n) is 6.39. The Morgan fingerprint density at radius 2 is 1.68 bits per heavy atom. The lowest BCUT2D eigenvalue weighted by molar-refractivity contribution is 0.164. The van der Waals surface area contributed by atoms with Crippen LogP contribution in [-0.4, -0.2) is 9.97 Å². The van der Waals surface area contributed by atoms with E-state index in [1.807, 2.05) is 36.4 Å². The molecule has 128 valence electrons. The molecule has 25 heavy (non-hydrogen) atoms. The minimum Gasteiger partial charge on any atom is -0.241 e. The molecule has 1 aromatic carbocycles. The van der Waals surface area contributed by atoms with Crippen LogP contribution in [0.1, 0.15) is 44.5 Å². The Labute approximate surface area is 150 Å². The molecule has 3 aliphatic carbocycles. The molecule has 0 bridgehead atoms. The van der Waals surface area contributed by atoms with Gasteiger partial charge >= 0.3 is 0 Å². The average molecular weight is 330 g/mol. The average Bonchev–Trinajstić information content (AvgIpc) is 3.24. The van der Waals surface area contributed by atoms with Crippen LogP contribution in [0.5, 0.6) is 0 Å². The highest BCUT2D eigenvalue weighted by Gasteiger charge is 2.79. The molecule has 0 N–H and O–H groups in total. The van der Waals surface area contributed by atoms with Crippen LogP contribution in [0, 0.1) is 17.3 Å². The highest BCUT2D eigenvalue weighted by molar-refractivity contribution is 5.48. The van der Waals surface area contributed by atoms with E-state index in [0.29, 0.717) is 11.3 Å². The summed E-state index contributed by atoms with van der Waals surface area (Å²) in [5.74, 6) is 2.07. The van der Waals surface area contributed by atoms with Gasteiger partial charge in [0.1, 0.15) is 6.33 Å². The van der Waals surface area contributed by atoms with Crippen molar-refractivity contribution in [2.45, 2.75) is 38.5 Å². The van der Waals surface area contributed by atoms with Crippen molar-refractivity contribution >= 4 is 0 Å². The van der Waals surface area contributed by atoms with Crippen molar-refractivity contribution in [3.05, 3.63) is 84.5 Å². The third kappa shape index (κ3) is 2.38. The van der Waals surface area contributed by atoms with Crippen molar-refractivity contribution in [2.24, 2.45) is 17.3 Å². The molecule has 4 atom stereocenters. The second-order valence-electron chi connectivity index (χ2n) is 7.98. The van der Waals surface area contributed by atoms with Gasteiger partial charge < -0.3 is 0 Å². The molecule has 1 aromatic heterocycles. The Morgan fingerprint density at radius 1 is 1.00 bits per heavy atom. The first-order chi connectivity index (χ1) is 12.1. The molecule has 0 radical (unpaired) electrons. The fraction of sp³-hybridized carbons (Fsp3) is 0.391. The van der Waals surface area contributed by atoms with Crippen LogP contribution >= 0.6 is 0 Å². The summed E-state index contributed by atoms with van der Waals surface area (Å²) in [7, 11) is 0. The van der Waals surface area contributed by atoms with Gasteiger partial charge in [-0.2, -0.15) is 0 Å². The second kappa shape index (κ2) is 5.94. The van der Waals surface area contributed by atoms with Crippen LogP contribution in [0.4, 0.5) is 0 Å². The maximum Gasteiger partial charge on any atom is 0.115 e. The summed E-state index contributed by atoms with van der Waals surface area (Å²) in [5.41, 5.74) is 2.98. The zero-order valence-electron chi connectivity index (χ0n) is 15.3. The predicted octanol–water partition coefficient (Wildman–Crippen LogP) is 5.31. The number of hydrogen-bond acceptors (Lipinski definition) is 2. The van der Waals surface area contributed by atoms with Gasteiger partial charge in [0.25, 0.3) is 0 Å². The van der Waals surface area contributed by atoms with E-state index in [1.165, 1.54) is 17.8 Å². The van der Waals surface area contributed by atoms with Crippen LogP contribution in [0.25, 0.3) is 0 Å². The molecule has 4 unspecified atom stereocenters. The maximum atomic E-state index is 4.61. The minimum atomic E-state index is 0.205. The van der Waals surface area contributed by atoms with Gasteiger partial charge in [0, 0.05) is 16.5 Å². The van der Waals surface area contributed by atoms with Gasteiger partial charge in [-0.3, -0.25) is 0 Å². The van der Waals surface area contributed by atoms with E-state index in [4.69, 9.17) is 0 Å². The number of aromatic nitrogens is 2. The largest absolute Gasteiger partial charge is 0.241 e. The molecule has 2 nitrogen and oxygen atoms in total. The molecule has 2 heteroatoms. The van der Waals surface area contributed by atoms with Crippen molar-refractivity contribution in [1.82, 2.24) is 9.97 Å². The normalized spacial score (nSPS) is 33.6. The van der Waals surface area contributed by atoms with E-state index in [0.717, 1.165) is 11.8 Å². The first-order valence-corrected chi connectivity index (χ1v) is 9.28. The smallest absolute Gasteiger partial charge is 0.115 e. The first-order valence-electron chi connectivity index (χ1n) is 9.28. The Morgan fingerprint density at radius 3 is 2.28 bits per heavy atom. The van der Waals surface area contributed by atoms with Gasteiger partial charge in [0.15, 0.2) is 0 Å². The highest BCUT2D eigenvalue weighted by Crippen LogP contribution is 2.82. The zero-order valence-corrected chi connectivity index (χ0v) is 15.3. The Bertz CT molecular complexity index is 781. The number of benzene rings is 1. The van der Waals surface area contributed by atoms with E-state index in [9.17, 15) is 0 Å². The van der Waals surface area contributed by atoms with Crippen LogP contribution in [-0.2, 0) is 5.41 Å². The molecule has 1 spiro atoms. The summed E-state index contributed by atoms with van der Waals surface area (Å²) in [5, 5.41) is 0. The van der Waals surface area contributed by atoms with Crippen LogP contribution in [0.2, 0.25) is 0 Å². The lowest BCUT2D eigenvalue weighted by atomic mass is 9.58. The predicted molar refractivity (Wildman–Crippen MR) is 102 cm³/mol. The van der Waals surface area contributed by atoms with Crippen LogP contribution in [0.15, 0.2) is 73.1 Å². The van der Waals surface area contributed by atoms with Gasteiger partial charge in [-0.25, -0.2) is 9.97 Å². The summed E-state index contributed by atoms with van der Waals surface area (Å²) >= 11 is 0. The molecule has 2 aromatic rings. The van der Waals surface area contributed by atoms with Gasteiger partial charge in [0.05, 0.1) is 5.69 Å². The third-order valence-corrected chi connectivity index (χ3v) is 6.39. The molecule has 2 fully saturated rings. The fourth-order valence-corrected chi connectivity index (χ4v) is 4.88. The summed E-state index contributed by atoms with van der Waals surface area (Å²) in [6, 6.07) is 14.2. The van der Waals surface area contributed by atoms with Gasteiger partial charge in [-0.05, 0) is 30.2 Å². The molecular formula is C23H26N2. The second-order valence-corrected chi connectivity index (χ2v) is 7.98. The molecule has 0 amide bonds. The Hall–Kier alpha value is -2.22. The van der Waals surface area contributed by atoms with E-state index in [-0.39, 0.29) is 5.41 Å². The lowest BCUT2D eigenvalue weighted by Crippen LogP contribution is -2.44. The zero-order chi connectivity index (χ0) is 17.5. The topological polar surface area (TPSA) is 25.8 Å². The van der Waals surface area contributed by atoms with Crippen molar-refractivity contribution in [2.75, 3.05) is 0 Å². The Balaban J connectivity index is 0.000000223. The standard InChI is InChI=1S/C17H20N2.C6H6/c1-11(2)14-8-15(19-10-18-14)16(3)9-13-12-6-4-5-7-17(12,13)16;1-2-4-6-5-3-1/h4-8,10-13H,9H2,1-3H3;1-6H. The summed E-state index contributed by atoms with van der Waals surface area (Å²) in [4.78, 5) is 9.02. The summed E-state index contributed by atoms with van der Waals surface area (Å²) in [6.07, 6.45) is 12.3. The van der Waals surface area contributed by atoms with E-state index >= 15 is 0 Å². The van der Waals surface area contributed by atoms with Gasteiger partial charge in [-0.1, -0.05) is 81.5 Å². The molecular weight excluding hydrogens is 304 g/mol. The fourth-order valence-electron chi connectivity index (χ4n) is 4.88. The maximum absolute atomic E-state index is 4.61. The molecule has 0 saturated heterocycles. The SMILES string of the molecule is CC(C)c1cc(C2(C)CC3C4C=CC=CC432)ncn1.c1ccccc1. The van der Waals surface area contributed by atoms with Crippen molar-refractivity contribution < 1.29 is 0 Å². The monoisotopic (exact) mass is 330 g/mol. The first kappa shape index (κ1) is 16.3. The number of hydrogen-bond donors (Lipinski definition) is 0. The van der Waals surface area contributed by atoms with Crippen molar-refractivity contribution in [3.8, 4) is 0 Å². The lowest BCUT2D eigenvalue weighted by Gasteiger charge is -2.45. The van der Waals surface area contributed by atoms with Crippen LogP contribution < -0.4 is 0 Å². The molecule has 3 aliphatic rings. The van der Waals surface area contributed by atoms with Gasteiger partial charge in [0.2, 0.25) is 0 Å². The molecule has 1 heterocycles. The van der Waals surface area contributed by atoms with Gasteiger partial charge in [-0.15, -0.1) is 0 Å². The number of fused-ring (bicyclic) bond motifs is 1. The number of rotatable bonds is 2. The number of allylic oxidation sites excluding steroid dienone is 4. The minimum absolute atomic E-state index is 0.205. The van der Waals surface area contributed by atoms with Crippen molar-refractivity contribution in [3.63, 3.8) is 0 Å². The Kier molecular flexibility index (Phi) is 3.87. The molecule has 5 rings (SSSR count). The summed E-state index contributed by atoms with van der Waals surface area (Å²) in [6.45, 7) is 6.78. The quantitative estimate of drug-likeness (QED) is 0.746. The van der Waals surface area contributed by atoms with E-state index in [2.05, 4.69) is 61.1 Å². The number of nitrogens with zero attached hydrogens (tertiary/aromatic N) is 2. The van der Waals surface area contributed by atoms with Crippen molar-refractivity contribution in [1.29, 1.82) is 0 Å². The van der Waals surface area contributed by atoms with E-state index in [1.54, 1.807) is 6.33 Å². The highest BCUT2D eigenvalue weighted by atomic mass is 14.9. The van der Waals surface area contributed by atoms with E-state index < -0.39 is 0 Å². The molecule has 0 aliphatic heterocycles.